The lowest BCUT2D eigenvalue weighted by molar-refractivity contribution is -0.921. The molecule has 1 saturated carbocycles. The molecule has 2 heteroatoms. The summed E-state index contributed by atoms with van der Waals surface area (Å²) >= 11 is 0. The van der Waals surface area contributed by atoms with E-state index in [1.807, 2.05) is 0 Å². The highest BCUT2D eigenvalue weighted by molar-refractivity contribution is 7.12. The number of quaternary nitrogens is 1. The van der Waals surface area contributed by atoms with E-state index in [1.165, 1.54) is 79.2 Å². The summed E-state index contributed by atoms with van der Waals surface area (Å²) in [6, 6.07) is 33.8. The summed E-state index contributed by atoms with van der Waals surface area (Å²) in [5.74, 6) is 0.709. The summed E-state index contributed by atoms with van der Waals surface area (Å²) in [5.41, 5.74) is 4.48. The molecule has 0 N–H and O–H groups in total. The predicted octanol–water partition coefficient (Wildman–Crippen LogP) is 6.37. The molecule has 3 aromatic carbocycles. The maximum atomic E-state index is 2.36. The van der Waals surface area contributed by atoms with Gasteiger partial charge in [0.1, 0.15) is 0 Å². The van der Waals surface area contributed by atoms with E-state index in [4.69, 9.17) is 0 Å². The largest absolute Gasteiger partial charge is 0.325 e. The fraction of sp³-hybridized carbons (Fsp3) is 0.438. The van der Waals surface area contributed by atoms with Crippen LogP contribution in [-0.4, -0.2) is 36.8 Å². The summed E-state index contributed by atoms with van der Waals surface area (Å²) in [5, 5.41) is 0. The predicted molar refractivity (Wildman–Crippen MR) is 153 cm³/mol. The van der Waals surface area contributed by atoms with E-state index in [2.05, 4.69) is 119 Å². The lowest BCUT2D eigenvalue weighted by Crippen LogP contribution is -2.70. The zero-order chi connectivity index (χ0) is 24.3. The third kappa shape index (κ3) is 5.66. The zero-order valence-corrected chi connectivity index (χ0v) is 22.1. The highest BCUT2D eigenvalue weighted by atomic mass is 15.3. The van der Waals surface area contributed by atoms with E-state index < -0.39 is 6.15 Å². The topological polar surface area (TPSA) is 0 Å². The molecule has 0 aliphatic heterocycles. The molecule has 1 aliphatic rings. The van der Waals surface area contributed by atoms with Crippen molar-refractivity contribution >= 4 is 22.5 Å². The molecule has 0 amide bonds. The van der Waals surface area contributed by atoms with Crippen LogP contribution in [0.2, 0.25) is 5.82 Å². The van der Waals surface area contributed by atoms with Gasteiger partial charge in [-0.1, -0.05) is 123 Å². The van der Waals surface area contributed by atoms with Crippen LogP contribution in [-0.2, 0) is 0 Å². The Morgan fingerprint density at radius 3 is 1.12 bits per heavy atom. The molecular formula is C32H46BN. The standard InChI is InChI=1S/C24H26B.C8H20N/c1-5-13-21(14-6-1)25(22-15-7-2-8-16-22,23-17-9-3-10-18-23)24-19-11-4-12-20-24;1-5-9(6-2,7-3)8-4/h1-3,5-10,13-18,24H,4,11-12,19-20H2;5-8H2,1-4H3/q-1;+1. The van der Waals surface area contributed by atoms with Crippen LogP contribution < -0.4 is 16.4 Å². The van der Waals surface area contributed by atoms with Gasteiger partial charge in [0.25, 0.3) is 0 Å². The Balaban J connectivity index is 0.000000309. The second-order valence-corrected chi connectivity index (χ2v) is 10.2. The van der Waals surface area contributed by atoms with Crippen molar-refractivity contribution in [2.75, 3.05) is 26.2 Å². The Bertz CT molecular complexity index is 814. The molecule has 1 fully saturated rings. The molecule has 4 rings (SSSR count). The van der Waals surface area contributed by atoms with E-state index in [0.717, 1.165) is 0 Å². The first-order chi connectivity index (χ1) is 16.7. The molecule has 0 heterocycles. The number of nitrogens with zero attached hydrogens (tertiary/aromatic N) is 1. The van der Waals surface area contributed by atoms with Crippen LogP contribution in [0.15, 0.2) is 91.0 Å². The van der Waals surface area contributed by atoms with Crippen molar-refractivity contribution in [1.29, 1.82) is 0 Å². The molecule has 0 saturated heterocycles. The van der Waals surface area contributed by atoms with Crippen molar-refractivity contribution in [2.45, 2.75) is 65.6 Å². The van der Waals surface area contributed by atoms with Crippen LogP contribution in [0, 0.1) is 0 Å². The summed E-state index contributed by atoms with van der Waals surface area (Å²) in [6.45, 7) is 14.2. The molecule has 0 atom stereocenters. The minimum atomic E-state index is -0.939. The SMILES string of the molecule is CC[N+](CC)(CC)CC.c1ccc([B-](c2ccccc2)(c2ccccc2)C2CCCCC2)cc1. The summed E-state index contributed by atoms with van der Waals surface area (Å²) in [4.78, 5) is 0. The van der Waals surface area contributed by atoms with E-state index in [-0.39, 0.29) is 0 Å². The first-order valence-corrected chi connectivity index (χ1v) is 13.8. The third-order valence-electron chi connectivity index (χ3n) is 9.02. The van der Waals surface area contributed by atoms with Crippen molar-refractivity contribution < 1.29 is 4.48 Å². The molecule has 0 radical (unpaired) electrons. The van der Waals surface area contributed by atoms with Crippen molar-refractivity contribution in [3.8, 4) is 0 Å². The summed E-state index contributed by atoms with van der Waals surface area (Å²) < 4.78 is 1.28. The molecular weight excluding hydrogens is 409 g/mol. The van der Waals surface area contributed by atoms with Crippen molar-refractivity contribution in [1.82, 2.24) is 0 Å². The molecule has 34 heavy (non-hydrogen) atoms. The third-order valence-corrected chi connectivity index (χ3v) is 9.02. The quantitative estimate of drug-likeness (QED) is 0.273. The highest BCUT2D eigenvalue weighted by Crippen LogP contribution is 2.36. The minimum Gasteiger partial charge on any atom is -0.325 e. The van der Waals surface area contributed by atoms with Gasteiger partial charge >= 0.3 is 0 Å². The fourth-order valence-electron chi connectivity index (χ4n) is 6.64. The number of benzene rings is 3. The van der Waals surface area contributed by atoms with Crippen molar-refractivity contribution in [2.24, 2.45) is 0 Å². The average molecular weight is 456 g/mol. The van der Waals surface area contributed by atoms with Gasteiger partial charge in [-0.2, -0.15) is 22.2 Å². The molecule has 0 spiro atoms. The van der Waals surface area contributed by atoms with Gasteiger partial charge in [0.2, 0.25) is 0 Å². The maximum Gasteiger partial charge on any atom is 0.0842 e. The summed E-state index contributed by atoms with van der Waals surface area (Å²) in [6.07, 6.45) is 5.84. The first-order valence-electron chi connectivity index (χ1n) is 13.8. The molecule has 0 bridgehead atoms. The zero-order valence-electron chi connectivity index (χ0n) is 22.1. The van der Waals surface area contributed by atoms with E-state index in [1.54, 1.807) is 0 Å². The number of hydrogen-bond acceptors (Lipinski definition) is 0. The number of hydrogen-bond donors (Lipinski definition) is 0. The van der Waals surface area contributed by atoms with E-state index in [9.17, 15) is 0 Å². The van der Waals surface area contributed by atoms with Gasteiger partial charge < -0.3 is 4.48 Å². The molecule has 182 valence electrons. The molecule has 0 unspecified atom stereocenters. The Labute approximate surface area is 209 Å². The molecule has 3 aromatic rings. The Hall–Kier alpha value is -2.32. The van der Waals surface area contributed by atoms with Crippen LogP contribution >= 0.6 is 0 Å². The van der Waals surface area contributed by atoms with Crippen molar-refractivity contribution in [3.05, 3.63) is 91.0 Å². The second-order valence-electron chi connectivity index (χ2n) is 10.2. The molecule has 1 nitrogen and oxygen atoms in total. The van der Waals surface area contributed by atoms with Crippen LogP contribution in [0.1, 0.15) is 59.8 Å². The van der Waals surface area contributed by atoms with Gasteiger partial charge in [0.05, 0.1) is 32.3 Å². The average Bonchev–Trinajstić information content (AvgIpc) is 2.94. The molecule has 0 aromatic heterocycles. The lowest BCUT2D eigenvalue weighted by atomic mass is 9.10. The molecule has 1 aliphatic carbocycles. The highest BCUT2D eigenvalue weighted by Gasteiger charge is 2.37. The van der Waals surface area contributed by atoms with Gasteiger partial charge in [-0.25, -0.2) is 0 Å². The Morgan fingerprint density at radius 1 is 0.529 bits per heavy atom. The van der Waals surface area contributed by atoms with Gasteiger partial charge in [-0.05, 0) is 27.7 Å². The van der Waals surface area contributed by atoms with Crippen LogP contribution in [0.5, 0.6) is 0 Å². The number of rotatable bonds is 8. The van der Waals surface area contributed by atoms with Crippen LogP contribution in [0.4, 0.5) is 0 Å². The van der Waals surface area contributed by atoms with Gasteiger partial charge in [0.15, 0.2) is 0 Å². The fourth-order valence-corrected chi connectivity index (χ4v) is 6.64. The van der Waals surface area contributed by atoms with Crippen molar-refractivity contribution in [3.63, 3.8) is 0 Å². The maximum absolute atomic E-state index is 2.36. The summed E-state index contributed by atoms with van der Waals surface area (Å²) in [7, 11) is 0. The van der Waals surface area contributed by atoms with Gasteiger partial charge in [-0.3, -0.25) is 0 Å². The monoisotopic (exact) mass is 455 g/mol. The van der Waals surface area contributed by atoms with Gasteiger partial charge in [-0.15, -0.1) is 0 Å². The Kier molecular flexibility index (Phi) is 10.0. The second kappa shape index (κ2) is 13.0. The Morgan fingerprint density at radius 2 is 0.853 bits per heavy atom. The first kappa shape index (κ1) is 26.3. The smallest absolute Gasteiger partial charge is 0.0842 e. The lowest BCUT2D eigenvalue weighted by Gasteiger charge is -2.51. The van der Waals surface area contributed by atoms with Crippen LogP contribution in [0.3, 0.4) is 0 Å². The van der Waals surface area contributed by atoms with Gasteiger partial charge in [0, 0.05) is 0 Å². The van der Waals surface area contributed by atoms with E-state index >= 15 is 0 Å². The van der Waals surface area contributed by atoms with Crippen LogP contribution in [0.25, 0.3) is 0 Å². The van der Waals surface area contributed by atoms with E-state index in [0.29, 0.717) is 5.82 Å². The minimum absolute atomic E-state index is 0.709. The normalized spacial score (nSPS) is 14.8.